The molecule has 2 heterocycles. The zero-order valence-corrected chi connectivity index (χ0v) is 19.2. The molecule has 0 bridgehead atoms. The summed E-state index contributed by atoms with van der Waals surface area (Å²) in [5.74, 6) is 0.975. The van der Waals surface area contributed by atoms with Crippen LogP contribution in [0.4, 0.5) is 0 Å². The first-order valence-electron chi connectivity index (χ1n) is 10.6. The molecular weight excluding hydrogens is 428 g/mol. The highest BCUT2D eigenvalue weighted by molar-refractivity contribution is 8.00. The molecule has 0 aliphatic carbocycles. The highest BCUT2D eigenvalue weighted by Gasteiger charge is 2.24. The Morgan fingerprint density at radius 3 is 2.72 bits per heavy atom. The standard InChI is InChI=1S/C24H26N2O5S/c1-15(22(27)16-10-11-20(29-2)21(13-16)30-3)32-24-25-19-9-5-4-8-18(19)23(28)26(24)14-17-7-6-12-31-17/h4-5,8-11,13,15,17H,6-7,12,14H2,1-3H3. The largest absolute Gasteiger partial charge is 0.493 e. The van der Waals surface area contributed by atoms with Gasteiger partial charge < -0.3 is 14.2 Å². The van der Waals surface area contributed by atoms with Gasteiger partial charge in [-0.05, 0) is 50.1 Å². The average Bonchev–Trinajstić information content (AvgIpc) is 3.34. The van der Waals surface area contributed by atoms with E-state index in [0.29, 0.717) is 46.3 Å². The summed E-state index contributed by atoms with van der Waals surface area (Å²) in [6, 6.07) is 12.4. The van der Waals surface area contributed by atoms with Crippen molar-refractivity contribution in [1.82, 2.24) is 9.55 Å². The van der Waals surface area contributed by atoms with E-state index in [2.05, 4.69) is 0 Å². The SMILES string of the molecule is COc1ccc(C(=O)C(C)Sc2nc3ccccc3c(=O)n2CC2CCCO2)cc1OC. The quantitative estimate of drug-likeness (QED) is 0.290. The number of hydrogen-bond acceptors (Lipinski definition) is 7. The second-order valence-corrected chi connectivity index (χ2v) is 8.96. The molecule has 2 aromatic carbocycles. The molecular formula is C24H26N2O5S. The van der Waals surface area contributed by atoms with Crippen LogP contribution in [0.1, 0.15) is 30.1 Å². The van der Waals surface area contributed by atoms with Crippen molar-refractivity contribution in [2.24, 2.45) is 0 Å². The lowest BCUT2D eigenvalue weighted by Crippen LogP contribution is -2.29. The predicted octanol–water partition coefficient (Wildman–Crippen LogP) is 3.96. The maximum absolute atomic E-state index is 13.3. The van der Waals surface area contributed by atoms with E-state index in [1.54, 1.807) is 35.9 Å². The van der Waals surface area contributed by atoms with Crippen LogP contribution in [-0.4, -0.2) is 47.5 Å². The molecule has 0 radical (unpaired) electrons. The molecule has 32 heavy (non-hydrogen) atoms. The number of ketones is 1. The molecule has 0 spiro atoms. The number of hydrogen-bond donors (Lipinski definition) is 0. The number of carbonyl (C=O) groups excluding carboxylic acids is 1. The lowest BCUT2D eigenvalue weighted by Gasteiger charge is -2.18. The summed E-state index contributed by atoms with van der Waals surface area (Å²) >= 11 is 1.28. The van der Waals surface area contributed by atoms with Crippen LogP contribution in [0.2, 0.25) is 0 Å². The summed E-state index contributed by atoms with van der Waals surface area (Å²) in [5, 5.41) is 0.621. The topological polar surface area (TPSA) is 79.7 Å². The molecule has 1 aliphatic rings. The normalized spacial score (nSPS) is 16.8. The third-order valence-corrected chi connectivity index (χ3v) is 6.65. The first kappa shape index (κ1) is 22.4. The summed E-state index contributed by atoms with van der Waals surface area (Å²) in [6.07, 6.45) is 1.87. The van der Waals surface area contributed by atoms with Crippen LogP contribution < -0.4 is 15.0 Å². The molecule has 168 valence electrons. The van der Waals surface area contributed by atoms with Gasteiger partial charge in [0.15, 0.2) is 22.4 Å². The van der Waals surface area contributed by atoms with Crippen LogP contribution in [0.15, 0.2) is 52.4 Å². The second-order valence-electron chi connectivity index (χ2n) is 7.66. The molecule has 2 atom stereocenters. The smallest absolute Gasteiger partial charge is 0.262 e. The summed E-state index contributed by atoms with van der Waals surface area (Å²) in [5.41, 5.74) is 1.02. The van der Waals surface area contributed by atoms with Gasteiger partial charge in [0, 0.05) is 12.2 Å². The summed E-state index contributed by atoms with van der Waals surface area (Å²) in [6.45, 7) is 2.95. The molecule has 1 aliphatic heterocycles. The third kappa shape index (κ3) is 4.52. The van der Waals surface area contributed by atoms with Gasteiger partial charge in [0.05, 0.1) is 43.0 Å². The van der Waals surface area contributed by atoms with E-state index in [9.17, 15) is 9.59 Å². The Kier molecular flexibility index (Phi) is 6.81. The van der Waals surface area contributed by atoms with E-state index in [4.69, 9.17) is 19.2 Å². The molecule has 0 amide bonds. The number of benzene rings is 2. The third-order valence-electron chi connectivity index (χ3n) is 5.56. The Balaban J connectivity index is 1.66. The van der Waals surface area contributed by atoms with Crippen molar-refractivity contribution >= 4 is 28.4 Å². The highest BCUT2D eigenvalue weighted by Crippen LogP contribution is 2.31. The Hall–Kier alpha value is -2.84. The second kappa shape index (κ2) is 9.75. The van der Waals surface area contributed by atoms with Gasteiger partial charge in [-0.25, -0.2) is 4.98 Å². The number of aromatic nitrogens is 2. The highest BCUT2D eigenvalue weighted by atomic mass is 32.2. The van der Waals surface area contributed by atoms with Gasteiger partial charge >= 0.3 is 0 Å². The monoisotopic (exact) mass is 454 g/mol. The van der Waals surface area contributed by atoms with Gasteiger partial charge in [-0.3, -0.25) is 14.2 Å². The van der Waals surface area contributed by atoms with E-state index in [1.807, 2.05) is 25.1 Å². The fourth-order valence-corrected chi connectivity index (χ4v) is 4.82. The Labute approximate surface area is 190 Å². The molecule has 4 rings (SSSR count). The van der Waals surface area contributed by atoms with Crippen LogP contribution in [0, 0.1) is 0 Å². The number of ether oxygens (including phenoxy) is 3. The molecule has 2 unspecified atom stereocenters. The Bertz CT molecular complexity index is 1190. The molecule has 1 fully saturated rings. The maximum atomic E-state index is 13.3. The molecule has 1 saturated heterocycles. The molecule has 7 nitrogen and oxygen atoms in total. The average molecular weight is 455 g/mol. The lowest BCUT2D eigenvalue weighted by atomic mass is 10.1. The number of para-hydroxylation sites is 1. The zero-order chi connectivity index (χ0) is 22.7. The van der Waals surface area contributed by atoms with Crippen LogP contribution in [-0.2, 0) is 11.3 Å². The van der Waals surface area contributed by atoms with Crippen molar-refractivity contribution < 1.29 is 19.0 Å². The van der Waals surface area contributed by atoms with Gasteiger partial charge in [0.2, 0.25) is 0 Å². The maximum Gasteiger partial charge on any atom is 0.262 e. The van der Waals surface area contributed by atoms with Gasteiger partial charge in [0.25, 0.3) is 5.56 Å². The molecule has 0 saturated carbocycles. The van der Waals surface area contributed by atoms with Crippen molar-refractivity contribution in [3.05, 3.63) is 58.4 Å². The molecule has 1 aromatic heterocycles. The van der Waals surface area contributed by atoms with Crippen LogP contribution in [0.3, 0.4) is 0 Å². The number of thioether (sulfide) groups is 1. The fraction of sp³-hybridized carbons (Fsp3) is 0.375. The van der Waals surface area contributed by atoms with E-state index >= 15 is 0 Å². The minimum absolute atomic E-state index is 0.0214. The van der Waals surface area contributed by atoms with Gasteiger partial charge in [-0.1, -0.05) is 23.9 Å². The molecule has 8 heteroatoms. The number of Topliss-reactive ketones (excluding diaryl/α,β-unsaturated/α-hetero) is 1. The molecule has 0 N–H and O–H groups in total. The van der Waals surface area contributed by atoms with Gasteiger partial charge in [0.1, 0.15) is 0 Å². The minimum Gasteiger partial charge on any atom is -0.493 e. The Morgan fingerprint density at radius 2 is 2.00 bits per heavy atom. The summed E-state index contributed by atoms with van der Waals surface area (Å²) in [4.78, 5) is 31.1. The van der Waals surface area contributed by atoms with Gasteiger partial charge in [-0.2, -0.15) is 0 Å². The van der Waals surface area contributed by atoms with E-state index in [-0.39, 0.29) is 17.4 Å². The van der Waals surface area contributed by atoms with Crippen molar-refractivity contribution in [2.45, 2.75) is 42.8 Å². The van der Waals surface area contributed by atoms with Crippen molar-refractivity contribution in [3.63, 3.8) is 0 Å². The summed E-state index contributed by atoms with van der Waals surface area (Å²) < 4.78 is 18.0. The van der Waals surface area contributed by atoms with E-state index < -0.39 is 5.25 Å². The summed E-state index contributed by atoms with van der Waals surface area (Å²) in [7, 11) is 3.09. The minimum atomic E-state index is -0.461. The van der Waals surface area contributed by atoms with Crippen molar-refractivity contribution in [2.75, 3.05) is 20.8 Å². The van der Waals surface area contributed by atoms with Crippen molar-refractivity contribution in [1.29, 1.82) is 0 Å². The van der Waals surface area contributed by atoms with Crippen molar-refractivity contribution in [3.8, 4) is 11.5 Å². The predicted molar refractivity (Wildman–Crippen MR) is 124 cm³/mol. The first-order valence-corrected chi connectivity index (χ1v) is 11.4. The number of rotatable bonds is 8. The van der Waals surface area contributed by atoms with E-state index in [0.717, 1.165) is 12.8 Å². The fourth-order valence-electron chi connectivity index (χ4n) is 3.83. The lowest BCUT2D eigenvalue weighted by molar-refractivity contribution is 0.0937. The number of methoxy groups -OCH3 is 2. The number of nitrogens with zero attached hydrogens (tertiary/aromatic N) is 2. The van der Waals surface area contributed by atoms with Crippen LogP contribution in [0.25, 0.3) is 10.9 Å². The number of carbonyl (C=O) groups is 1. The molecule has 3 aromatic rings. The Morgan fingerprint density at radius 1 is 1.22 bits per heavy atom. The van der Waals surface area contributed by atoms with Crippen LogP contribution >= 0.6 is 11.8 Å². The first-order chi connectivity index (χ1) is 15.5. The number of fused-ring (bicyclic) bond motifs is 1. The van der Waals surface area contributed by atoms with E-state index in [1.165, 1.54) is 18.9 Å². The zero-order valence-electron chi connectivity index (χ0n) is 18.4. The van der Waals surface area contributed by atoms with Gasteiger partial charge in [-0.15, -0.1) is 0 Å². The van der Waals surface area contributed by atoms with Crippen LogP contribution in [0.5, 0.6) is 11.5 Å².